The molecule has 0 aromatic carbocycles. The van der Waals surface area contributed by atoms with Crippen LogP contribution >= 0.6 is 0 Å². The molecule has 2 aliphatic rings. The molecule has 0 aromatic heterocycles. The highest BCUT2D eigenvalue weighted by Gasteiger charge is 2.34. The number of hydrogen-bond acceptors (Lipinski definition) is 3. The molecule has 3 nitrogen and oxygen atoms in total. The number of β-amino-alcohol motifs (C(OH)–C–C–N with tert-alkyl or cyclic N) is 1. The molecule has 2 atom stereocenters. The van der Waals surface area contributed by atoms with Crippen molar-refractivity contribution in [1.82, 2.24) is 4.90 Å². The number of rotatable bonds is 3. The predicted octanol–water partition coefficient (Wildman–Crippen LogP) is 1.38. The van der Waals surface area contributed by atoms with Crippen molar-refractivity contribution in [3.63, 3.8) is 0 Å². The Kier molecular flexibility index (Phi) is 3.88. The zero-order valence-electron chi connectivity index (χ0n) is 10.4. The fourth-order valence-corrected chi connectivity index (χ4v) is 3.18. The van der Waals surface area contributed by atoms with Gasteiger partial charge in [0.25, 0.3) is 0 Å². The predicted molar refractivity (Wildman–Crippen MR) is 64.3 cm³/mol. The second kappa shape index (κ2) is 5.03. The zero-order valence-corrected chi connectivity index (χ0v) is 10.4. The van der Waals surface area contributed by atoms with E-state index in [1.54, 1.807) is 0 Å². The maximum absolute atomic E-state index is 10.5. The van der Waals surface area contributed by atoms with Crippen LogP contribution in [-0.2, 0) is 0 Å². The van der Waals surface area contributed by atoms with Crippen molar-refractivity contribution in [2.45, 2.75) is 57.2 Å². The molecule has 2 fully saturated rings. The first-order valence-corrected chi connectivity index (χ1v) is 6.72. The van der Waals surface area contributed by atoms with Crippen LogP contribution in [0.15, 0.2) is 0 Å². The van der Waals surface area contributed by atoms with Crippen LogP contribution < -0.4 is 0 Å². The molecule has 1 saturated carbocycles. The summed E-state index contributed by atoms with van der Waals surface area (Å²) in [5.41, 5.74) is -0.439. The molecule has 16 heavy (non-hydrogen) atoms. The highest BCUT2D eigenvalue weighted by atomic mass is 16.3. The summed E-state index contributed by atoms with van der Waals surface area (Å²) in [5.74, 6) is 0.409. The van der Waals surface area contributed by atoms with E-state index in [0.717, 1.165) is 38.9 Å². The molecular weight excluding hydrogens is 202 g/mol. The Morgan fingerprint density at radius 2 is 2.00 bits per heavy atom. The molecule has 2 rings (SSSR count). The van der Waals surface area contributed by atoms with Crippen molar-refractivity contribution in [3.05, 3.63) is 0 Å². The van der Waals surface area contributed by atoms with Crippen LogP contribution in [0.2, 0.25) is 0 Å². The number of aliphatic hydroxyl groups is 2. The van der Waals surface area contributed by atoms with E-state index in [4.69, 9.17) is 0 Å². The quantitative estimate of drug-likeness (QED) is 0.765. The fourth-order valence-electron chi connectivity index (χ4n) is 3.18. The van der Waals surface area contributed by atoms with E-state index < -0.39 is 5.60 Å². The lowest BCUT2D eigenvalue weighted by Gasteiger charge is -2.35. The van der Waals surface area contributed by atoms with Crippen molar-refractivity contribution in [3.8, 4) is 0 Å². The number of aliphatic hydroxyl groups excluding tert-OH is 1. The smallest absolute Gasteiger partial charge is 0.0774 e. The van der Waals surface area contributed by atoms with Gasteiger partial charge in [0.2, 0.25) is 0 Å². The summed E-state index contributed by atoms with van der Waals surface area (Å²) in [6, 6.07) is 0. The van der Waals surface area contributed by atoms with E-state index in [2.05, 4.69) is 4.90 Å². The van der Waals surface area contributed by atoms with Gasteiger partial charge >= 0.3 is 0 Å². The second-order valence-electron chi connectivity index (χ2n) is 5.81. The largest absolute Gasteiger partial charge is 0.393 e. The van der Waals surface area contributed by atoms with Crippen LogP contribution in [0.3, 0.4) is 0 Å². The molecule has 1 aliphatic heterocycles. The SMILES string of the molecule is CC(O)C1CCN(CC2(O)CCCCC2)C1. The molecule has 0 spiro atoms. The molecule has 1 aliphatic carbocycles. The average Bonchev–Trinajstić information content (AvgIpc) is 2.66. The van der Waals surface area contributed by atoms with Crippen LogP contribution in [-0.4, -0.2) is 46.5 Å². The van der Waals surface area contributed by atoms with Crippen LogP contribution in [0, 0.1) is 5.92 Å². The Morgan fingerprint density at radius 1 is 1.31 bits per heavy atom. The maximum Gasteiger partial charge on any atom is 0.0774 e. The summed E-state index contributed by atoms with van der Waals surface area (Å²) in [6.07, 6.45) is 6.41. The van der Waals surface area contributed by atoms with Gasteiger partial charge in [-0.2, -0.15) is 0 Å². The van der Waals surface area contributed by atoms with E-state index >= 15 is 0 Å². The molecule has 0 aromatic rings. The van der Waals surface area contributed by atoms with Gasteiger partial charge in [0.05, 0.1) is 11.7 Å². The third-order valence-corrected chi connectivity index (χ3v) is 4.29. The van der Waals surface area contributed by atoms with E-state index in [0.29, 0.717) is 5.92 Å². The van der Waals surface area contributed by atoms with Gasteiger partial charge in [0, 0.05) is 13.1 Å². The minimum Gasteiger partial charge on any atom is -0.393 e. The molecule has 1 heterocycles. The molecule has 94 valence electrons. The molecule has 3 heteroatoms. The molecular formula is C13H25NO2. The number of nitrogens with zero attached hydrogens (tertiary/aromatic N) is 1. The normalized spacial score (nSPS) is 32.8. The summed E-state index contributed by atoms with van der Waals surface area (Å²) in [4.78, 5) is 2.34. The number of likely N-dealkylation sites (tertiary alicyclic amines) is 1. The van der Waals surface area contributed by atoms with Gasteiger partial charge in [-0.05, 0) is 38.6 Å². The van der Waals surface area contributed by atoms with Crippen molar-refractivity contribution < 1.29 is 10.2 Å². The lowest BCUT2D eigenvalue weighted by Crippen LogP contribution is -2.43. The van der Waals surface area contributed by atoms with Crippen molar-refractivity contribution in [2.75, 3.05) is 19.6 Å². The van der Waals surface area contributed by atoms with Gasteiger partial charge in [0.1, 0.15) is 0 Å². The van der Waals surface area contributed by atoms with Gasteiger partial charge in [-0.3, -0.25) is 0 Å². The van der Waals surface area contributed by atoms with Crippen LogP contribution in [0.1, 0.15) is 45.4 Å². The van der Waals surface area contributed by atoms with Gasteiger partial charge in [0.15, 0.2) is 0 Å². The summed E-state index contributed by atoms with van der Waals surface area (Å²) in [7, 11) is 0. The maximum atomic E-state index is 10.5. The minimum absolute atomic E-state index is 0.203. The third-order valence-electron chi connectivity index (χ3n) is 4.29. The first-order valence-electron chi connectivity index (χ1n) is 6.72. The van der Waals surface area contributed by atoms with Crippen LogP contribution in [0.25, 0.3) is 0 Å². The molecule has 0 amide bonds. The summed E-state index contributed by atoms with van der Waals surface area (Å²) in [5, 5.41) is 20.0. The summed E-state index contributed by atoms with van der Waals surface area (Å²) in [6.45, 7) is 4.69. The van der Waals surface area contributed by atoms with Gasteiger partial charge in [-0.15, -0.1) is 0 Å². The first-order chi connectivity index (χ1) is 7.59. The summed E-state index contributed by atoms with van der Waals surface area (Å²) < 4.78 is 0. The summed E-state index contributed by atoms with van der Waals surface area (Å²) >= 11 is 0. The Hall–Kier alpha value is -0.120. The van der Waals surface area contributed by atoms with E-state index in [1.807, 2.05) is 6.92 Å². The number of hydrogen-bond donors (Lipinski definition) is 2. The highest BCUT2D eigenvalue weighted by Crippen LogP contribution is 2.30. The highest BCUT2D eigenvalue weighted by molar-refractivity contribution is 4.89. The Morgan fingerprint density at radius 3 is 2.56 bits per heavy atom. The van der Waals surface area contributed by atoms with E-state index in [9.17, 15) is 10.2 Å². The molecule has 1 saturated heterocycles. The Labute approximate surface area is 98.5 Å². The zero-order chi connectivity index (χ0) is 11.6. The first kappa shape index (κ1) is 12.3. The second-order valence-corrected chi connectivity index (χ2v) is 5.81. The van der Waals surface area contributed by atoms with Gasteiger partial charge in [-0.25, -0.2) is 0 Å². The lowest BCUT2D eigenvalue weighted by atomic mass is 9.84. The minimum atomic E-state index is -0.439. The van der Waals surface area contributed by atoms with Gasteiger partial charge in [-0.1, -0.05) is 19.3 Å². The van der Waals surface area contributed by atoms with Crippen LogP contribution in [0.4, 0.5) is 0 Å². The van der Waals surface area contributed by atoms with Crippen molar-refractivity contribution >= 4 is 0 Å². The molecule has 0 bridgehead atoms. The van der Waals surface area contributed by atoms with Crippen molar-refractivity contribution in [1.29, 1.82) is 0 Å². The van der Waals surface area contributed by atoms with Crippen LogP contribution in [0.5, 0.6) is 0 Å². The van der Waals surface area contributed by atoms with E-state index in [1.165, 1.54) is 19.3 Å². The lowest BCUT2D eigenvalue weighted by molar-refractivity contribution is -0.0232. The topological polar surface area (TPSA) is 43.7 Å². The van der Waals surface area contributed by atoms with Gasteiger partial charge < -0.3 is 15.1 Å². The van der Waals surface area contributed by atoms with Crippen molar-refractivity contribution in [2.24, 2.45) is 5.92 Å². The monoisotopic (exact) mass is 227 g/mol. The molecule has 2 N–H and O–H groups in total. The Balaban J connectivity index is 1.81. The standard InChI is InChI=1S/C13H25NO2/c1-11(15)12-5-8-14(9-12)10-13(16)6-3-2-4-7-13/h11-12,15-16H,2-10H2,1H3. The average molecular weight is 227 g/mol. The molecule has 2 unspecified atom stereocenters. The van der Waals surface area contributed by atoms with E-state index in [-0.39, 0.29) is 6.10 Å². The fraction of sp³-hybridized carbons (Fsp3) is 1.00. The molecule has 0 radical (unpaired) electrons. The third kappa shape index (κ3) is 2.96. The Bertz CT molecular complexity index is 224.